The molecule has 118 valence electrons. The third kappa shape index (κ3) is 3.57. The third-order valence-electron chi connectivity index (χ3n) is 5.09. The smallest absolute Gasteiger partial charge is 0.236 e. The number of piperazine rings is 1. The Bertz CT molecular complexity index is 400. The first-order valence-corrected chi connectivity index (χ1v) is 8.46. The second-order valence-electron chi connectivity index (χ2n) is 6.81. The molecule has 0 aromatic heterocycles. The summed E-state index contributed by atoms with van der Waals surface area (Å²) >= 11 is 0. The van der Waals surface area contributed by atoms with Crippen LogP contribution in [0.4, 0.5) is 0 Å². The molecule has 3 aliphatic rings. The molecule has 2 amide bonds. The molecule has 5 heteroatoms. The molecule has 0 aromatic carbocycles. The van der Waals surface area contributed by atoms with Gasteiger partial charge in [0, 0.05) is 44.7 Å². The average Bonchev–Trinajstić information content (AvgIpc) is 3.32. The van der Waals surface area contributed by atoms with Crippen LogP contribution in [0.25, 0.3) is 0 Å². The van der Waals surface area contributed by atoms with Gasteiger partial charge in [-0.05, 0) is 39.0 Å². The predicted molar refractivity (Wildman–Crippen MR) is 80.8 cm³/mol. The van der Waals surface area contributed by atoms with E-state index in [4.69, 9.17) is 0 Å². The van der Waals surface area contributed by atoms with Crippen LogP contribution in [0.5, 0.6) is 0 Å². The molecular weight excluding hydrogens is 266 g/mol. The number of hydrogen-bond donors (Lipinski definition) is 0. The molecule has 0 spiro atoms. The first kappa shape index (κ1) is 14.8. The number of hydrogen-bond acceptors (Lipinski definition) is 3. The molecule has 1 saturated carbocycles. The number of likely N-dealkylation sites (tertiary alicyclic amines) is 1. The molecule has 0 bridgehead atoms. The van der Waals surface area contributed by atoms with E-state index in [1.165, 1.54) is 6.42 Å². The number of nitrogens with zero attached hydrogens (tertiary/aromatic N) is 3. The lowest BCUT2D eigenvalue weighted by molar-refractivity contribution is -0.137. The van der Waals surface area contributed by atoms with Crippen molar-refractivity contribution in [2.75, 3.05) is 39.3 Å². The number of piperidine rings is 1. The fourth-order valence-corrected chi connectivity index (χ4v) is 3.47. The zero-order chi connectivity index (χ0) is 14.8. The number of carbonyl (C=O) groups excluding carboxylic acids is 2. The van der Waals surface area contributed by atoms with Crippen molar-refractivity contribution in [3.8, 4) is 0 Å². The van der Waals surface area contributed by atoms with Gasteiger partial charge in [0.2, 0.25) is 11.8 Å². The van der Waals surface area contributed by atoms with Crippen LogP contribution < -0.4 is 0 Å². The van der Waals surface area contributed by atoms with Crippen LogP contribution in [-0.2, 0) is 9.59 Å². The van der Waals surface area contributed by atoms with Crippen LogP contribution >= 0.6 is 0 Å². The zero-order valence-electron chi connectivity index (χ0n) is 13.1. The minimum absolute atomic E-state index is 0.268. The maximum Gasteiger partial charge on any atom is 0.236 e. The molecule has 5 nitrogen and oxygen atoms in total. The van der Waals surface area contributed by atoms with Gasteiger partial charge in [0.25, 0.3) is 0 Å². The van der Waals surface area contributed by atoms with E-state index in [9.17, 15) is 9.59 Å². The molecule has 2 saturated heterocycles. The topological polar surface area (TPSA) is 43.9 Å². The van der Waals surface area contributed by atoms with Gasteiger partial charge in [-0.15, -0.1) is 0 Å². The van der Waals surface area contributed by atoms with Crippen LogP contribution in [-0.4, -0.2) is 71.8 Å². The summed E-state index contributed by atoms with van der Waals surface area (Å²) < 4.78 is 0. The molecule has 2 aliphatic heterocycles. The van der Waals surface area contributed by atoms with E-state index >= 15 is 0 Å². The van der Waals surface area contributed by atoms with Gasteiger partial charge in [-0.2, -0.15) is 0 Å². The quantitative estimate of drug-likeness (QED) is 0.778. The van der Waals surface area contributed by atoms with E-state index in [0.29, 0.717) is 24.4 Å². The van der Waals surface area contributed by atoms with Crippen LogP contribution in [0.2, 0.25) is 0 Å². The molecule has 0 aromatic rings. The number of amides is 2. The molecule has 21 heavy (non-hydrogen) atoms. The highest BCUT2D eigenvalue weighted by Gasteiger charge is 2.35. The van der Waals surface area contributed by atoms with Gasteiger partial charge in [-0.25, -0.2) is 0 Å². The lowest BCUT2D eigenvalue weighted by atomic mass is 10.0. The first-order valence-electron chi connectivity index (χ1n) is 8.46. The molecule has 1 unspecified atom stereocenters. The Kier molecular flexibility index (Phi) is 4.48. The summed E-state index contributed by atoms with van der Waals surface area (Å²) in [6.07, 6.45) is 5.66. The van der Waals surface area contributed by atoms with E-state index in [1.54, 1.807) is 0 Å². The Labute approximate surface area is 127 Å². The summed E-state index contributed by atoms with van der Waals surface area (Å²) in [5.74, 6) is 0.919. The lowest BCUT2D eigenvalue weighted by Gasteiger charge is -2.38. The van der Waals surface area contributed by atoms with Crippen LogP contribution in [0, 0.1) is 5.92 Å². The van der Waals surface area contributed by atoms with Crippen molar-refractivity contribution in [1.82, 2.24) is 14.7 Å². The molecule has 0 radical (unpaired) electrons. The molecule has 0 N–H and O–H groups in total. The van der Waals surface area contributed by atoms with Gasteiger partial charge >= 0.3 is 0 Å². The summed E-state index contributed by atoms with van der Waals surface area (Å²) in [6, 6.07) is 0.393. The highest BCUT2D eigenvalue weighted by molar-refractivity contribution is 5.81. The normalized spacial score (nSPS) is 27.8. The van der Waals surface area contributed by atoms with Crippen molar-refractivity contribution in [2.45, 2.75) is 45.1 Å². The maximum absolute atomic E-state index is 12.4. The maximum atomic E-state index is 12.4. The number of carbonyl (C=O) groups is 2. The molecule has 1 aliphatic carbocycles. The van der Waals surface area contributed by atoms with E-state index in [2.05, 4.69) is 11.8 Å². The Hall–Kier alpha value is -1.10. The molecule has 2 heterocycles. The van der Waals surface area contributed by atoms with Gasteiger partial charge in [-0.3, -0.25) is 14.5 Å². The minimum Gasteiger partial charge on any atom is -0.340 e. The van der Waals surface area contributed by atoms with Crippen molar-refractivity contribution in [1.29, 1.82) is 0 Å². The second-order valence-corrected chi connectivity index (χ2v) is 6.81. The molecular formula is C16H27N3O2. The Morgan fingerprint density at radius 2 is 1.67 bits per heavy atom. The molecule has 3 rings (SSSR count). The standard InChI is InChI=1S/C16H27N3O2/c1-13-4-2-3-7-19(13)15(20)12-17-8-10-18(11-9-17)16(21)14-5-6-14/h13-14H,2-12H2,1H3. The Balaban J connectivity index is 1.44. The van der Waals surface area contributed by atoms with Crippen LogP contribution in [0.15, 0.2) is 0 Å². The van der Waals surface area contributed by atoms with Gasteiger partial charge in [0.05, 0.1) is 6.54 Å². The Morgan fingerprint density at radius 3 is 2.29 bits per heavy atom. The van der Waals surface area contributed by atoms with Gasteiger partial charge in [0.15, 0.2) is 0 Å². The SMILES string of the molecule is CC1CCCCN1C(=O)CN1CCN(C(=O)C2CC2)CC1. The van der Waals surface area contributed by atoms with Crippen LogP contribution in [0.1, 0.15) is 39.0 Å². The number of rotatable bonds is 3. The van der Waals surface area contributed by atoms with Gasteiger partial charge in [0.1, 0.15) is 0 Å². The lowest BCUT2D eigenvalue weighted by Crippen LogP contribution is -2.53. The third-order valence-corrected chi connectivity index (χ3v) is 5.09. The summed E-state index contributed by atoms with van der Waals surface area (Å²) in [7, 11) is 0. The fourth-order valence-electron chi connectivity index (χ4n) is 3.47. The van der Waals surface area contributed by atoms with Crippen molar-refractivity contribution in [3.63, 3.8) is 0 Å². The zero-order valence-corrected chi connectivity index (χ0v) is 13.1. The van der Waals surface area contributed by atoms with E-state index in [1.807, 2.05) is 9.80 Å². The molecule has 3 fully saturated rings. The van der Waals surface area contributed by atoms with Gasteiger partial charge in [-0.1, -0.05) is 0 Å². The summed E-state index contributed by atoms with van der Waals surface area (Å²) in [4.78, 5) is 30.7. The van der Waals surface area contributed by atoms with Crippen molar-refractivity contribution < 1.29 is 9.59 Å². The average molecular weight is 293 g/mol. The largest absolute Gasteiger partial charge is 0.340 e. The Morgan fingerprint density at radius 1 is 0.952 bits per heavy atom. The van der Waals surface area contributed by atoms with E-state index in [-0.39, 0.29) is 5.91 Å². The van der Waals surface area contributed by atoms with Crippen LogP contribution in [0.3, 0.4) is 0 Å². The van der Waals surface area contributed by atoms with Crippen molar-refractivity contribution >= 4 is 11.8 Å². The second kappa shape index (κ2) is 6.34. The highest BCUT2D eigenvalue weighted by Crippen LogP contribution is 2.31. The van der Waals surface area contributed by atoms with Crippen molar-refractivity contribution in [3.05, 3.63) is 0 Å². The fraction of sp³-hybridized carbons (Fsp3) is 0.875. The monoisotopic (exact) mass is 293 g/mol. The minimum atomic E-state index is 0.268. The summed E-state index contributed by atoms with van der Waals surface area (Å²) in [6.45, 7) is 6.86. The van der Waals surface area contributed by atoms with Gasteiger partial charge < -0.3 is 9.80 Å². The molecule has 1 atom stereocenters. The summed E-state index contributed by atoms with van der Waals surface area (Å²) in [5.41, 5.74) is 0. The summed E-state index contributed by atoms with van der Waals surface area (Å²) in [5, 5.41) is 0. The highest BCUT2D eigenvalue weighted by atomic mass is 16.2. The van der Waals surface area contributed by atoms with E-state index in [0.717, 1.165) is 58.4 Å². The first-order chi connectivity index (χ1) is 10.1. The van der Waals surface area contributed by atoms with E-state index < -0.39 is 0 Å². The predicted octanol–water partition coefficient (Wildman–Crippen LogP) is 0.942. The van der Waals surface area contributed by atoms with Crippen molar-refractivity contribution in [2.24, 2.45) is 5.92 Å².